The zero-order chi connectivity index (χ0) is 25.9. The molecule has 0 saturated heterocycles. The number of hydrogen-bond acceptors (Lipinski definition) is 4. The van der Waals surface area contributed by atoms with Gasteiger partial charge in [0, 0.05) is 46.8 Å². The molecule has 37 heavy (non-hydrogen) atoms. The van der Waals surface area contributed by atoms with Crippen molar-refractivity contribution < 1.29 is 13.6 Å². The van der Waals surface area contributed by atoms with Crippen LogP contribution in [0, 0.1) is 11.6 Å². The Morgan fingerprint density at radius 2 is 1.70 bits per heavy atom. The molecular formula is C26H20BClF2N6O. The fraction of sp³-hybridized carbons (Fsp3) is 0.0385. The van der Waals surface area contributed by atoms with Gasteiger partial charge in [-0.1, -0.05) is 41.9 Å². The van der Waals surface area contributed by atoms with Crippen LogP contribution in [0.5, 0.6) is 0 Å². The zero-order valence-electron chi connectivity index (χ0n) is 19.6. The summed E-state index contributed by atoms with van der Waals surface area (Å²) in [6, 6.07) is 18.8. The number of carbonyl (C=O) groups excluding carboxylic acids is 1. The van der Waals surface area contributed by atoms with Crippen LogP contribution in [-0.2, 0) is 6.54 Å². The van der Waals surface area contributed by atoms with E-state index in [1.54, 1.807) is 28.9 Å². The van der Waals surface area contributed by atoms with E-state index in [-0.39, 0.29) is 5.69 Å². The Morgan fingerprint density at radius 3 is 2.49 bits per heavy atom. The molecule has 5 rings (SSSR count). The van der Waals surface area contributed by atoms with Gasteiger partial charge in [-0.25, -0.2) is 18.6 Å². The predicted octanol–water partition coefficient (Wildman–Crippen LogP) is 4.84. The fourth-order valence-corrected chi connectivity index (χ4v) is 4.11. The summed E-state index contributed by atoms with van der Waals surface area (Å²) in [5.74, 6) is -0.838. The first kappa shape index (κ1) is 24.3. The van der Waals surface area contributed by atoms with Crippen LogP contribution < -0.4 is 21.4 Å². The molecule has 0 spiro atoms. The Bertz CT molecular complexity index is 1610. The predicted molar refractivity (Wildman–Crippen MR) is 144 cm³/mol. The van der Waals surface area contributed by atoms with Crippen molar-refractivity contribution in [2.75, 3.05) is 16.0 Å². The number of halogens is 3. The molecule has 0 saturated carbocycles. The summed E-state index contributed by atoms with van der Waals surface area (Å²) >= 11 is 6.41. The first-order valence-electron chi connectivity index (χ1n) is 11.3. The van der Waals surface area contributed by atoms with Crippen molar-refractivity contribution in [2.45, 2.75) is 6.54 Å². The number of hydrogen-bond donors (Lipinski definition) is 3. The van der Waals surface area contributed by atoms with Crippen molar-refractivity contribution in [1.82, 2.24) is 14.6 Å². The van der Waals surface area contributed by atoms with Gasteiger partial charge >= 0.3 is 6.03 Å². The molecule has 0 radical (unpaired) electrons. The lowest BCUT2D eigenvalue weighted by molar-refractivity contribution is 0.262. The number of carbonyl (C=O) groups is 1. The highest BCUT2D eigenvalue weighted by Crippen LogP contribution is 2.28. The average molecular weight is 517 g/mol. The average Bonchev–Trinajstić information content (AvgIpc) is 3.23. The van der Waals surface area contributed by atoms with Gasteiger partial charge in [0.15, 0.2) is 5.65 Å². The number of amides is 2. The lowest BCUT2D eigenvalue weighted by Gasteiger charge is -2.13. The molecule has 0 fully saturated rings. The van der Waals surface area contributed by atoms with Crippen LogP contribution in [-0.4, -0.2) is 28.5 Å². The second kappa shape index (κ2) is 10.3. The van der Waals surface area contributed by atoms with Crippen molar-refractivity contribution in [3.05, 3.63) is 101 Å². The van der Waals surface area contributed by atoms with Gasteiger partial charge in [-0.3, -0.25) is 0 Å². The highest BCUT2D eigenvalue weighted by atomic mass is 35.5. The Balaban J connectivity index is 1.33. The molecule has 11 heteroatoms. The number of anilines is 3. The van der Waals surface area contributed by atoms with E-state index in [0.717, 1.165) is 40.6 Å². The third kappa shape index (κ3) is 5.54. The van der Waals surface area contributed by atoms with E-state index < -0.39 is 17.7 Å². The fourth-order valence-electron chi connectivity index (χ4n) is 3.88. The van der Waals surface area contributed by atoms with E-state index in [4.69, 9.17) is 16.6 Å². The SMILES string of the molecule is Bc1cnn2c(NCc3cccc(NC(=O)Nc4cc(F)cc(F)c4)c3)cc(-c3ccccc3Cl)nc12. The van der Waals surface area contributed by atoms with Crippen molar-refractivity contribution in [3.63, 3.8) is 0 Å². The van der Waals surface area contributed by atoms with Crippen LogP contribution in [0.4, 0.5) is 30.8 Å². The molecule has 0 aliphatic carbocycles. The third-order valence-corrected chi connectivity index (χ3v) is 5.91. The number of nitrogens with zero attached hydrogens (tertiary/aromatic N) is 3. The number of aromatic nitrogens is 3. The van der Waals surface area contributed by atoms with E-state index in [1.807, 2.05) is 44.2 Å². The highest BCUT2D eigenvalue weighted by Gasteiger charge is 2.13. The van der Waals surface area contributed by atoms with E-state index >= 15 is 0 Å². The van der Waals surface area contributed by atoms with Gasteiger partial charge < -0.3 is 16.0 Å². The normalized spacial score (nSPS) is 10.9. The molecular weight excluding hydrogens is 497 g/mol. The van der Waals surface area contributed by atoms with Gasteiger partial charge in [-0.2, -0.15) is 9.61 Å². The van der Waals surface area contributed by atoms with E-state index in [2.05, 4.69) is 21.0 Å². The van der Waals surface area contributed by atoms with Gasteiger partial charge in [-0.15, -0.1) is 0 Å². The Kier molecular flexibility index (Phi) is 6.74. The van der Waals surface area contributed by atoms with Gasteiger partial charge in [0.25, 0.3) is 0 Å². The topological polar surface area (TPSA) is 83.3 Å². The molecule has 0 aliphatic heterocycles. The third-order valence-electron chi connectivity index (χ3n) is 5.58. The van der Waals surface area contributed by atoms with Crippen LogP contribution >= 0.6 is 11.6 Å². The molecule has 3 N–H and O–H groups in total. The maximum atomic E-state index is 13.4. The summed E-state index contributed by atoms with van der Waals surface area (Å²) in [6.07, 6.45) is 1.75. The second-order valence-electron chi connectivity index (χ2n) is 8.36. The lowest BCUT2D eigenvalue weighted by Crippen LogP contribution is -2.19. The number of fused-ring (bicyclic) bond motifs is 1. The minimum Gasteiger partial charge on any atom is -0.366 e. The van der Waals surface area contributed by atoms with Gasteiger partial charge in [-0.05, 0) is 41.4 Å². The maximum absolute atomic E-state index is 13.4. The van der Waals surface area contributed by atoms with Crippen molar-refractivity contribution >= 4 is 53.8 Å². The van der Waals surface area contributed by atoms with Crippen LogP contribution in [0.25, 0.3) is 16.9 Å². The summed E-state index contributed by atoms with van der Waals surface area (Å²) < 4.78 is 28.5. The molecule has 0 atom stereocenters. The van der Waals surface area contributed by atoms with Crippen molar-refractivity contribution in [1.29, 1.82) is 0 Å². The Hall–Kier alpha value is -4.44. The summed E-state index contributed by atoms with van der Waals surface area (Å²) in [5.41, 5.74) is 4.56. The van der Waals surface area contributed by atoms with Crippen LogP contribution in [0.15, 0.2) is 79.0 Å². The van der Waals surface area contributed by atoms with Crippen LogP contribution in [0.1, 0.15) is 5.56 Å². The molecule has 0 bridgehead atoms. The number of urea groups is 1. The molecule has 2 heterocycles. The number of benzene rings is 3. The smallest absolute Gasteiger partial charge is 0.323 e. The Morgan fingerprint density at radius 1 is 0.946 bits per heavy atom. The summed E-state index contributed by atoms with van der Waals surface area (Å²) in [4.78, 5) is 17.1. The standard InChI is InChI=1S/C26H20BClF2N6O/c27-21-14-32-36-24(12-23(35-25(21)36)20-6-1-2-7-22(20)28)31-13-15-4-3-5-18(8-15)33-26(37)34-19-10-16(29)9-17(30)11-19/h1-12,14,31H,13,27H2,(H2,33,34,37). The minimum atomic E-state index is -0.779. The van der Waals surface area contributed by atoms with Crippen LogP contribution in [0.3, 0.4) is 0 Å². The summed E-state index contributed by atoms with van der Waals surface area (Å²) in [6.45, 7) is 0.423. The maximum Gasteiger partial charge on any atom is 0.323 e. The second-order valence-corrected chi connectivity index (χ2v) is 8.77. The lowest BCUT2D eigenvalue weighted by atomic mass is 10.0. The molecule has 7 nitrogen and oxygen atoms in total. The van der Waals surface area contributed by atoms with Crippen molar-refractivity contribution in [3.8, 4) is 11.3 Å². The van der Waals surface area contributed by atoms with E-state index in [0.29, 0.717) is 28.6 Å². The zero-order valence-corrected chi connectivity index (χ0v) is 20.4. The minimum absolute atomic E-state index is 0.0124. The van der Waals surface area contributed by atoms with Crippen LogP contribution in [0.2, 0.25) is 5.02 Å². The van der Waals surface area contributed by atoms with E-state index in [1.165, 1.54) is 0 Å². The van der Waals surface area contributed by atoms with Crippen molar-refractivity contribution in [2.24, 2.45) is 0 Å². The highest BCUT2D eigenvalue weighted by molar-refractivity contribution is 6.36. The summed E-state index contributed by atoms with van der Waals surface area (Å²) in [7, 11) is 1.94. The van der Waals surface area contributed by atoms with Gasteiger partial charge in [0.1, 0.15) is 25.3 Å². The molecule has 184 valence electrons. The van der Waals surface area contributed by atoms with E-state index in [9.17, 15) is 13.6 Å². The van der Waals surface area contributed by atoms with Gasteiger partial charge in [0.05, 0.1) is 5.69 Å². The van der Waals surface area contributed by atoms with Gasteiger partial charge in [0.2, 0.25) is 0 Å². The molecule has 0 unspecified atom stereocenters. The summed E-state index contributed by atoms with van der Waals surface area (Å²) in [5, 5.41) is 13.5. The first-order chi connectivity index (χ1) is 17.9. The molecule has 2 amide bonds. The first-order valence-corrected chi connectivity index (χ1v) is 11.7. The molecule has 3 aromatic carbocycles. The Labute approximate surface area is 216 Å². The monoisotopic (exact) mass is 516 g/mol. The number of nitrogens with one attached hydrogen (secondary N) is 3. The molecule has 0 aliphatic rings. The molecule has 2 aromatic heterocycles. The largest absolute Gasteiger partial charge is 0.366 e. The number of rotatable bonds is 6. The molecule has 5 aromatic rings. The quantitative estimate of drug-likeness (QED) is 0.282.